The second kappa shape index (κ2) is 7.65. The summed E-state index contributed by atoms with van der Waals surface area (Å²) in [4.78, 5) is 22.4. The third-order valence-electron chi connectivity index (χ3n) is 4.98. The molecular weight excluding hydrogens is 413 g/mol. The van der Waals surface area contributed by atoms with Gasteiger partial charge >= 0.3 is 6.18 Å². The lowest BCUT2D eigenvalue weighted by Gasteiger charge is -2.32. The average molecular weight is 432 g/mol. The molecule has 1 aliphatic rings. The summed E-state index contributed by atoms with van der Waals surface area (Å²) in [5, 5.41) is 17.8. The maximum Gasteiger partial charge on any atom is 0.417 e. The fourth-order valence-electron chi connectivity index (χ4n) is 3.47. The third kappa shape index (κ3) is 3.96. The van der Waals surface area contributed by atoms with Crippen LogP contribution < -0.4 is 10.2 Å². The van der Waals surface area contributed by atoms with Crippen LogP contribution in [0.25, 0.3) is 0 Å². The molecule has 0 saturated carbocycles. The van der Waals surface area contributed by atoms with Gasteiger partial charge in [0, 0.05) is 30.3 Å². The molecule has 8 nitrogen and oxygen atoms in total. The molecule has 0 spiro atoms. The Morgan fingerprint density at radius 1 is 1.23 bits per heavy atom. The zero-order valence-electron chi connectivity index (χ0n) is 16.6. The SMILES string of the molecule is Cc1cc(NC(O)c2cnn3c2C(=O)N(c2ccc(C(F)(F)F)cn2)C[C@@H]3C)ccn1. The summed E-state index contributed by atoms with van der Waals surface area (Å²) < 4.78 is 40.0. The summed E-state index contributed by atoms with van der Waals surface area (Å²) in [5.74, 6) is -0.417. The highest BCUT2D eigenvalue weighted by molar-refractivity contribution is 6.06. The molecule has 3 aromatic heterocycles. The number of halogens is 3. The second-order valence-corrected chi connectivity index (χ2v) is 7.29. The number of aryl methyl sites for hydroxylation is 1. The number of carbonyl (C=O) groups excluding carboxylic acids is 1. The van der Waals surface area contributed by atoms with Gasteiger partial charge in [-0.2, -0.15) is 18.3 Å². The molecule has 1 aliphatic heterocycles. The Kier molecular flexibility index (Phi) is 5.13. The van der Waals surface area contributed by atoms with Crippen molar-refractivity contribution in [3.8, 4) is 0 Å². The number of rotatable bonds is 4. The smallest absolute Gasteiger partial charge is 0.369 e. The number of hydrogen-bond acceptors (Lipinski definition) is 6. The largest absolute Gasteiger partial charge is 0.417 e. The van der Waals surface area contributed by atoms with E-state index < -0.39 is 23.9 Å². The highest BCUT2D eigenvalue weighted by Gasteiger charge is 2.36. The van der Waals surface area contributed by atoms with E-state index in [0.717, 1.165) is 17.8 Å². The van der Waals surface area contributed by atoms with Gasteiger partial charge in [-0.1, -0.05) is 0 Å². The van der Waals surface area contributed by atoms with Crippen molar-refractivity contribution in [3.63, 3.8) is 0 Å². The number of pyridine rings is 2. The lowest BCUT2D eigenvalue weighted by molar-refractivity contribution is -0.137. The molecule has 4 heterocycles. The van der Waals surface area contributed by atoms with Crippen molar-refractivity contribution in [2.75, 3.05) is 16.8 Å². The zero-order valence-corrected chi connectivity index (χ0v) is 16.6. The predicted molar refractivity (Wildman–Crippen MR) is 105 cm³/mol. The highest BCUT2D eigenvalue weighted by atomic mass is 19.4. The predicted octanol–water partition coefficient (Wildman–Crippen LogP) is 3.32. The van der Waals surface area contributed by atoms with E-state index in [1.54, 1.807) is 25.3 Å². The quantitative estimate of drug-likeness (QED) is 0.614. The van der Waals surface area contributed by atoms with E-state index in [9.17, 15) is 23.1 Å². The molecule has 2 atom stereocenters. The molecule has 11 heteroatoms. The van der Waals surface area contributed by atoms with Crippen molar-refractivity contribution < 1.29 is 23.1 Å². The first-order valence-electron chi connectivity index (χ1n) is 9.45. The number of nitrogens with one attached hydrogen (secondary N) is 1. The van der Waals surface area contributed by atoms with Crippen LogP contribution in [0.1, 0.15) is 46.5 Å². The molecule has 31 heavy (non-hydrogen) atoms. The molecule has 0 aromatic carbocycles. The summed E-state index contributed by atoms with van der Waals surface area (Å²) in [6.07, 6.45) is -2.07. The molecule has 1 amide bonds. The number of nitrogens with zero attached hydrogens (tertiary/aromatic N) is 5. The molecule has 4 rings (SSSR count). The Labute approximate surface area is 175 Å². The van der Waals surface area contributed by atoms with Crippen molar-refractivity contribution >= 4 is 17.4 Å². The van der Waals surface area contributed by atoms with Gasteiger partial charge in [0.2, 0.25) is 0 Å². The number of anilines is 2. The number of alkyl halides is 3. The Morgan fingerprint density at radius 3 is 2.65 bits per heavy atom. The molecule has 0 aliphatic carbocycles. The average Bonchev–Trinajstić information content (AvgIpc) is 3.16. The van der Waals surface area contributed by atoms with E-state index in [0.29, 0.717) is 11.9 Å². The van der Waals surface area contributed by atoms with Gasteiger partial charge in [-0.15, -0.1) is 0 Å². The van der Waals surface area contributed by atoms with Crippen molar-refractivity contribution in [2.45, 2.75) is 32.3 Å². The minimum absolute atomic E-state index is 0.0930. The summed E-state index contributed by atoms with van der Waals surface area (Å²) >= 11 is 0. The molecule has 162 valence electrons. The molecule has 0 bridgehead atoms. The Balaban J connectivity index is 1.64. The first-order valence-corrected chi connectivity index (χ1v) is 9.45. The summed E-state index contributed by atoms with van der Waals surface area (Å²) in [6, 6.07) is 5.18. The maximum absolute atomic E-state index is 13.2. The van der Waals surface area contributed by atoms with E-state index in [-0.39, 0.29) is 29.7 Å². The number of aromatic nitrogens is 4. The molecule has 2 N–H and O–H groups in total. The minimum Gasteiger partial charge on any atom is -0.369 e. The van der Waals surface area contributed by atoms with Gasteiger partial charge in [0.15, 0.2) is 6.23 Å². The van der Waals surface area contributed by atoms with Crippen LogP contribution in [0.15, 0.2) is 42.9 Å². The van der Waals surface area contributed by atoms with Gasteiger partial charge < -0.3 is 10.4 Å². The fourth-order valence-corrected chi connectivity index (χ4v) is 3.47. The van der Waals surface area contributed by atoms with Gasteiger partial charge in [0.1, 0.15) is 11.5 Å². The van der Waals surface area contributed by atoms with Gasteiger partial charge in [-0.05, 0) is 38.1 Å². The van der Waals surface area contributed by atoms with Crippen LogP contribution in [0.2, 0.25) is 0 Å². The monoisotopic (exact) mass is 432 g/mol. The normalized spacial score (nSPS) is 17.4. The number of hydrogen-bond donors (Lipinski definition) is 2. The first kappa shape index (κ1) is 20.8. The Morgan fingerprint density at radius 2 is 2.00 bits per heavy atom. The first-order chi connectivity index (χ1) is 14.6. The van der Waals surface area contributed by atoms with Gasteiger partial charge in [-0.3, -0.25) is 19.4 Å². The van der Waals surface area contributed by atoms with E-state index in [1.807, 2.05) is 6.92 Å². The molecular formula is C20H19F3N6O2. The third-order valence-corrected chi connectivity index (χ3v) is 4.98. The number of amides is 1. The Hall–Kier alpha value is -3.47. The van der Waals surface area contributed by atoms with Gasteiger partial charge in [0.25, 0.3) is 5.91 Å². The van der Waals surface area contributed by atoms with Crippen LogP contribution in [-0.4, -0.2) is 37.3 Å². The number of carbonyl (C=O) groups is 1. The van der Waals surface area contributed by atoms with Crippen molar-refractivity contribution in [1.82, 2.24) is 19.7 Å². The van der Waals surface area contributed by atoms with Crippen LogP contribution in [0.3, 0.4) is 0 Å². The van der Waals surface area contributed by atoms with Crippen LogP contribution in [-0.2, 0) is 6.18 Å². The lowest BCUT2D eigenvalue weighted by atomic mass is 10.1. The molecule has 3 aromatic rings. The van der Waals surface area contributed by atoms with E-state index in [1.165, 1.54) is 15.8 Å². The van der Waals surface area contributed by atoms with Gasteiger partial charge in [0.05, 0.1) is 23.4 Å². The van der Waals surface area contributed by atoms with Crippen LogP contribution >= 0.6 is 0 Å². The summed E-state index contributed by atoms with van der Waals surface area (Å²) in [6.45, 7) is 3.80. The second-order valence-electron chi connectivity index (χ2n) is 7.29. The van der Waals surface area contributed by atoms with Crippen LogP contribution in [0.4, 0.5) is 24.7 Å². The topological polar surface area (TPSA) is 96.2 Å². The van der Waals surface area contributed by atoms with Crippen molar-refractivity contribution in [2.24, 2.45) is 0 Å². The highest BCUT2D eigenvalue weighted by Crippen LogP contribution is 2.32. The van der Waals surface area contributed by atoms with E-state index in [4.69, 9.17) is 0 Å². The summed E-state index contributed by atoms with van der Waals surface area (Å²) in [5.41, 5.74) is 0.858. The minimum atomic E-state index is -4.52. The Bertz CT molecular complexity index is 1110. The van der Waals surface area contributed by atoms with Crippen LogP contribution in [0.5, 0.6) is 0 Å². The van der Waals surface area contributed by atoms with Gasteiger partial charge in [-0.25, -0.2) is 4.98 Å². The lowest BCUT2D eigenvalue weighted by Crippen LogP contribution is -2.43. The molecule has 0 radical (unpaired) electrons. The van der Waals surface area contributed by atoms with Crippen molar-refractivity contribution in [1.29, 1.82) is 0 Å². The zero-order chi connectivity index (χ0) is 22.3. The number of aliphatic hydroxyl groups is 1. The molecule has 0 saturated heterocycles. The molecule has 1 unspecified atom stereocenters. The standard InChI is InChI=1S/C20H19F3N6O2/c1-11-7-14(5-6-24-11)27-18(30)15-9-26-29-12(2)10-28(19(31)17(15)29)16-4-3-13(8-25-16)20(21,22)23/h3-9,12,18,30H,10H2,1-2H3,(H,24,27)/t12-,18?/m0/s1. The van der Waals surface area contributed by atoms with Crippen molar-refractivity contribution in [3.05, 3.63) is 65.4 Å². The molecule has 0 fully saturated rings. The summed E-state index contributed by atoms with van der Waals surface area (Å²) in [7, 11) is 0. The maximum atomic E-state index is 13.2. The van der Waals surface area contributed by atoms with E-state index in [2.05, 4.69) is 20.4 Å². The van der Waals surface area contributed by atoms with E-state index >= 15 is 0 Å². The number of fused-ring (bicyclic) bond motifs is 1. The fraction of sp³-hybridized carbons (Fsp3) is 0.300. The number of aliphatic hydroxyl groups excluding tert-OH is 1. The van der Waals surface area contributed by atoms with Crippen LogP contribution in [0, 0.1) is 6.92 Å².